The Morgan fingerprint density at radius 2 is 2.14 bits per heavy atom. The molecular formula is C17H21BrFNO2. The molecule has 0 radical (unpaired) electrons. The number of hydrogen-bond acceptors (Lipinski definition) is 2. The Kier molecular flexibility index (Phi) is 6.43. The van der Waals surface area contributed by atoms with Gasteiger partial charge in [-0.3, -0.25) is 0 Å². The van der Waals surface area contributed by atoms with Gasteiger partial charge in [0.1, 0.15) is 5.82 Å². The first-order valence-electron chi connectivity index (χ1n) is 7.66. The maximum absolute atomic E-state index is 13.2. The molecule has 0 aliphatic carbocycles. The quantitative estimate of drug-likeness (QED) is 0.698. The molecule has 1 fully saturated rings. The molecule has 0 atom stereocenters. The van der Waals surface area contributed by atoms with E-state index in [1.54, 1.807) is 17.0 Å². The number of halogens is 2. The van der Waals surface area contributed by atoms with Crippen LogP contribution in [0.25, 0.3) is 6.08 Å². The molecule has 22 heavy (non-hydrogen) atoms. The maximum Gasteiger partial charge on any atom is 0.409 e. The van der Waals surface area contributed by atoms with Crippen LogP contribution in [-0.4, -0.2) is 30.7 Å². The first-order chi connectivity index (χ1) is 10.6. The highest BCUT2D eigenvalue weighted by atomic mass is 79.9. The van der Waals surface area contributed by atoms with E-state index < -0.39 is 0 Å². The van der Waals surface area contributed by atoms with E-state index in [-0.39, 0.29) is 11.9 Å². The Hall–Kier alpha value is -1.36. The number of piperidine rings is 1. The van der Waals surface area contributed by atoms with Crippen LogP contribution in [0.5, 0.6) is 0 Å². The molecular weight excluding hydrogens is 349 g/mol. The summed E-state index contributed by atoms with van der Waals surface area (Å²) < 4.78 is 18.9. The van der Waals surface area contributed by atoms with Crippen molar-refractivity contribution in [2.24, 2.45) is 0 Å². The average Bonchev–Trinajstić information content (AvgIpc) is 2.52. The normalized spacial score (nSPS) is 14.9. The van der Waals surface area contributed by atoms with E-state index in [1.165, 1.54) is 11.6 Å². The van der Waals surface area contributed by atoms with Gasteiger partial charge in [0.25, 0.3) is 0 Å². The third-order valence-electron chi connectivity index (χ3n) is 3.70. The minimum Gasteiger partial charge on any atom is -0.449 e. The van der Waals surface area contributed by atoms with Crippen molar-refractivity contribution in [3.63, 3.8) is 0 Å². The molecule has 1 aliphatic heterocycles. The van der Waals surface area contributed by atoms with Crippen molar-refractivity contribution in [3.8, 4) is 0 Å². The van der Waals surface area contributed by atoms with Gasteiger partial charge in [-0.15, -0.1) is 0 Å². The van der Waals surface area contributed by atoms with Crippen LogP contribution < -0.4 is 0 Å². The van der Waals surface area contributed by atoms with Crippen molar-refractivity contribution >= 4 is 28.1 Å². The summed E-state index contributed by atoms with van der Waals surface area (Å²) in [6.45, 7) is 3.93. The van der Waals surface area contributed by atoms with Gasteiger partial charge in [0.2, 0.25) is 0 Å². The van der Waals surface area contributed by atoms with Crippen LogP contribution in [0.3, 0.4) is 0 Å². The number of benzene rings is 1. The van der Waals surface area contributed by atoms with Crippen molar-refractivity contribution in [2.45, 2.75) is 32.6 Å². The molecule has 0 unspecified atom stereocenters. The number of unbranched alkanes of at least 4 members (excludes halogenated alkanes) is 1. The van der Waals surface area contributed by atoms with Crippen molar-refractivity contribution < 1.29 is 13.9 Å². The highest BCUT2D eigenvalue weighted by molar-refractivity contribution is 9.10. The third-order valence-corrected chi connectivity index (χ3v) is 4.31. The van der Waals surface area contributed by atoms with E-state index in [1.807, 2.05) is 0 Å². The fraction of sp³-hybridized carbons (Fsp3) is 0.471. The minimum absolute atomic E-state index is 0.211. The summed E-state index contributed by atoms with van der Waals surface area (Å²) >= 11 is 3.20. The molecule has 120 valence electrons. The second kappa shape index (κ2) is 8.32. The SMILES string of the molecule is CCCCOC(=O)N1CCC(=Cc2ccc(F)c(Br)c2)CC1. The fourth-order valence-corrected chi connectivity index (χ4v) is 2.75. The van der Waals surface area contributed by atoms with Crippen molar-refractivity contribution in [1.82, 2.24) is 4.90 Å². The Balaban J connectivity index is 1.87. The standard InChI is InChI=1S/C17H21BrFNO2/c1-2-3-10-22-17(21)20-8-6-13(7-9-20)11-14-4-5-16(19)15(18)12-14/h4-5,11-12H,2-3,6-10H2,1H3. The van der Waals surface area contributed by atoms with E-state index in [0.29, 0.717) is 24.2 Å². The van der Waals surface area contributed by atoms with Crippen LogP contribution in [0.1, 0.15) is 38.2 Å². The van der Waals surface area contributed by atoms with Crippen LogP contribution in [0.2, 0.25) is 0 Å². The van der Waals surface area contributed by atoms with Crippen LogP contribution >= 0.6 is 15.9 Å². The molecule has 1 aromatic carbocycles. The number of ether oxygens (including phenoxy) is 1. The van der Waals surface area contributed by atoms with Gasteiger partial charge < -0.3 is 9.64 Å². The topological polar surface area (TPSA) is 29.5 Å². The molecule has 3 nitrogen and oxygen atoms in total. The summed E-state index contributed by atoms with van der Waals surface area (Å²) in [4.78, 5) is 13.6. The molecule has 0 spiro atoms. The second-order valence-electron chi connectivity index (χ2n) is 5.43. The molecule has 1 saturated heterocycles. The molecule has 1 heterocycles. The highest BCUT2D eigenvalue weighted by Gasteiger charge is 2.19. The van der Waals surface area contributed by atoms with Gasteiger partial charge in [0.05, 0.1) is 11.1 Å². The number of likely N-dealkylation sites (tertiary alicyclic amines) is 1. The second-order valence-corrected chi connectivity index (χ2v) is 6.29. The van der Waals surface area contributed by atoms with Gasteiger partial charge in [0, 0.05) is 13.1 Å². The van der Waals surface area contributed by atoms with E-state index in [9.17, 15) is 9.18 Å². The third kappa shape index (κ3) is 4.83. The van der Waals surface area contributed by atoms with Gasteiger partial charge in [-0.05, 0) is 52.9 Å². The van der Waals surface area contributed by atoms with E-state index >= 15 is 0 Å². The Morgan fingerprint density at radius 1 is 1.41 bits per heavy atom. The first kappa shape index (κ1) is 17.0. The predicted octanol–water partition coefficient (Wildman–Crippen LogP) is 5.00. The number of rotatable bonds is 4. The molecule has 0 saturated carbocycles. The van der Waals surface area contributed by atoms with E-state index in [0.717, 1.165) is 31.2 Å². The van der Waals surface area contributed by atoms with Crippen LogP contribution in [0.4, 0.5) is 9.18 Å². The number of nitrogens with zero attached hydrogens (tertiary/aromatic N) is 1. The Morgan fingerprint density at radius 3 is 2.77 bits per heavy atom. The zero-order valence-corrected chi connectivity index (χ0v) is 14.4. The molecule has 1 aliphatic rings. The summed E-state index contributed by atoms with van der Waals surface area (Å²) in [5, 5.41) is 0. The van der Waals surface area contributed by atoms with Crippen molar-refractivity contribution in [2.75, 3.05) is 19.7 Å². The fourth-order valence-electron chi connectivity index (χ4n) is 2.35. The van der Waals surface area contributed by atoms with Crippen molar-refractivity contribution in [3.05, 3.63) is 39.6 Å². The average molecular weight is 370 g/mol. The van der Waals surface area contributed by atoms with Gasteiger partial charge >= 0.3 is 6.09 Å². The maximum atomic E-state index is 13.2. The lowest BCUT2D eigenvalue weighted by Gasteiger charge is -2.27. The zero-order chi connectivity index (χ0) is 15.9. The monoisotopic (exact) mass is 369 g/mol. The number of hydrogen-bond donors (Lipinski definition) is 0. The lowest BCUT2D eigenvalue weighted by molar-refractivity contribution is 0.0984. The van der Waals surface area contributed by atoms with E-state index in [2.05, 4.69) is 28.9 Å². The van der Waals surface area contributed by atoms with Crippen molar-refractivity contribution in [1.29, 1.82) is 0 Å². The smallest absolute Gasteiger partial charge is 0.409 e. The zero-order valence-electron chi connectivity index (χ0n) is 12.8. The van der Waals surface area contributed by atoms with Crippen LogP contribution in [-0.2, 0) is 4.74 Å². The van der Waals surface area contributed by atoms with E-state index in [4.69, 9.17) is 4.74 Å². The number of carbonyl (C=O) groups is 1. The molecule has 0 bridgehead atoms. The first-order valence-corrected chi connectivity index (χ1v) is 8.45. The highest BCUT2D eigenvalue weighted by Crippen LogP contribution is 2.23. The van der Waals surface area contributed by atoms with Gasteiger partial charge in [0.15, 0.2) is 0 Å². The Bertz CT molecular complexity index is 550. The van der Waals surface area contributed by atoms with Crippen LogP contribution in [0.15, 0.2) is 28.2 Å². The van der Waals surface area contributed by atoms with Gasteiger partial charge in [-0.1, -0.05) is 31.1 Å². The summed E-state index contributed by atoms with van der Waals surface area (Å²) in [7, 11) is 0. The number of carbonyl (C=O) groups excluding carboxylic acids is 1. The minimum atomic E-state index is -0.258. The molecule has 0 N–H and O–H groups in total. The molecule has 1 amide bonds. The predicted molar refractivity (Wildman–Crippen MR) is 89.1 cm³/mol. The largest absolute Gasteiger partial charge is 0.449 e. The number of amides is 1. The molecule has 1 aromatic rings. The molecule has 0 aromatic heterocycles. The van der Waals surface area contributed by atoms with Gasteiger partial charge in [-0.2, -0.15) is 0 Å². The summed E-state index contributed by atoms with van der Waals surface area (Å²) in [6.07, 6.45) is 5.45. The summed E-state index contributed by atoms with van der Waals surface area (Å²) in [5.41, 5.74) is 2.25. The summed E-state index contributed by atoms with van der Waals surface area (Å²) in [5.74, 6) is -0.258. The lowest BCUT2D eigenvalue weighted by atomic mass is 10.0. The van der Waals surface area contributed by atoms with Crippen LogP contribution in [0, 0.1) is 5.82 Å². The summed E-state index contributed by atoms with van der Waals surface area (Å²) in [6, 6.07) is 4.99. The lowest BCUT2D eigenvalue weighted by Crippen LogP contribution is -2.36. The molecule has 5 heteroatoms. The molecule has 2 rings (SSSR count). The van der Waals surface area contributed by atoms with Gasteiger partial charge in [-0.25, -0.2) is 9.18 Å². The Labute approximate surface area is 139 Å².